The Morgan fingerprint density at radius 1 is 0.977 bits per heavy atom. The molecule has 2 unspecified atom stereocenters. The number of carbonyl (C=O) groups is 5. The van der Waals surface area contributed by atoms with E-state index in [2.05, 4.69) is 16.0 Å². The Bertz CT molecular complexity index is 1270. The van der Waals surface area contributed by atoms with Crippen LogP contribution in [0.4, 0.5) is 4.79 Å². The Labute approximate surface area is 251 Å². The summed E-state index contributed by atoms with van der Waals surface area (Å²) in [6, 6.07) is 14.4. The average Bonchev–Trinajstić information content (AvgIpc) is 3.45. The lowest BCUT2D eigenvalue weighted by Crippen LogP contribution is -2.59. The zero-order valence-corrected chi connectivity index (χ0v) is 24.7. The average molecular weight is 596 g/mol. The number of primary amides is 1. The highest BCUT2D eigenvalue weighted by Crippen LogP contribution is 2.21. The van der Waals surface area contributed by atoms with Gasteiger partial charge < -0.3 is 36.4 Å². The van der Waals surface area contributed by atoms with Gasteiger partial charge >= 0.3 is 6.09 Å². The van der Waals surface area contributed by atoms with E-state index in [-0.39, 0.29) is 25.5 Å². The fourth-order valence-corrected chi connectivity index (χ4v) is 4.81. The van der Waals surface area contributed by atoms with Gasteiger partial charge in [-0.1, -0.05) is 60.7 Å². The molecular formula is C31H41N5O7. The minimum Gasteiger partial charge on any atom is -0.445 e. The topological polar surface area (TPSA) is 180 Å². The second-order valence-corrected chi connectivity index (χ2v) is 11.6. The van der Waals surface area contributed by atoms with E-state index in [0.717, 1.165) is 5.56 Å². The molecule has 4 atom stereocenters. The number of benzene rings is 2. The van der Waals surface area contributed by atoms with Gasteiger partial charge in [-0.2, -0.15) is 0 Å². The molecule has 1 aliphatic rings. The molecule has 5 amide bonds. The molecule has 0 aromatic heterocycles. The van der Waals surface area contributed by atoms with Crippen molar-refractivity contribution in [2.45, 2.75) is 82.8 Å². The summed E-state index contributed by atoms with van der Waals surface area (Å²) >= 11 is 0. The molecule has 2 aromatic carbocycles. The molecule has 2 aromatic rings. The highest BCUT2D eigenvalue weighted by molar-refractivity contribution is 5.93. The van der Waals surface area contributed by atoms with Gasteiger partial charge in [0.25, 0.3) is 5.91 Å². The standard InChI is InChI=1S/C31H41N5O7/c1-31(2,3)35-28(40)24-15-10-16-36(24)29(41)26(38)22(17-20-11-6-4-7-12-20)33-27(39)23(18-25(32)37)34-30(42)43-19-21-13-8-5-9-14-21/h4-9,11-14,22-24,26,38H,10,15-19H2,1-3H3,(H2,32,37)(H,33,39)(H,34,42)(H,35,40)/t22?,23-,24-,26?/m0/s1. The van der Waals surface area contributed by atoms with Gasteiger partial charge in [-0.05, 0) is 51.2 Å². The van der Waals surface area contributed by atoms with Gasteiger partial charge in [0.15, 0.2) is 6.10 Å². The number of aliphatic hydroxyl groups excluding tert-OH is 1. The number of amides is 5. The molecule has 1 saturated heterocycles. The Balaban J connectivity index is 1.76. The molecule has 6 N–H and O–H groups in total. The third-order valence-corrected chi connectivity index (χ3v) is 6.82. The minimum atomic E-state index is -1.73. The van der Waals surface area contributed by atoms with E-state index in [0.29, 0.717) is 18.4 Å². The first-order valence-electron chi connectivity index (χ1n) is 14.2. The van der Waals surface area contributed by atoms with E-state index >= 15 is 0 Å². The first kappa shape index (κ1) is 33.1. The predicted molar refractivity (Wildman–Crippen MR) is 158 cm³/mol. The summed E-state index contributed by atoms with van der Waals surface area (Å²) in [7, 11) is 0. The zero-order chi connectivity index (χ0) is 31.6. The monoisotopic (exact) mass is 595 g/mol. The normalized spacial score (nSPS) is 16.8. The summed E-state index contributed by atoms with van der Waals surface area (Å²) in [6.45, 7) is 5.70. The van der Waals surface area contributed by atoms with E-state index in [9.17, 15) is 29.1 Å². The van der Waals surface area contributed by atoms with Crippen LogP contribution >= 0.6 is 0 Å². The quantitative estimate of drug-likeness (QED) is 0.244. The lowest BCUT2D eigenvalue weighted by Gasteiger charge is -2.32. The van der Waals surface area contributed by atoms with E-state index in [1.54, 1.807) is 54.6 Å². The fourth-order valence-electron chi connectivity index (χ4n) is 4.81. The summed E-state index contributed by atoms with van der Waals surface area (Å²) in [5.41, 5.74) is 6.26. The molecule has 3 rings (SSSR count). The first-order chi connectivity index (χ1) is 20.3. The lowest BCUT2D eigenvalue weighted by molar-refractivity contribution is -0.147. The summed E-state index contributed by atoms with van der Waals surface area (Å²) in [5, 5.41) is 19.1. The number of rotatable bonds is 12. The summed E-state index contributed by atoms with van der Waals surface area (Å²) in [5.74, 6) is -2.74. The first-order valence-corrected chi connectivity index (χ1v) is 14.2. The molecule has 0 bridgehead atoms. The van der Waals surface area contributed by atoms with E-state index in [1.165, 1.54) is 4.90 Å². The molecule has 0 aliphatic carbocycles. The number of likely N-dealkylation sites (tertiary alicyclic amines) is 1. The minimum absolute atomic E-state index is 0.0495. The molecule has 1 heterocycles. The van der Waals surface area contributed by atoms with Crippen molar-refractivity contribution < 1.29 is 33.8 Å². The molecule has 232 valence electrons. The van der Waals surface area contributed by atoms with Crippen molar-refractivity contribution in [3.63, 3.8) is 0 Å². The second-order valence-electron chi connectivity index (χ2n) is 11.6. The molecule has 12 nitrogen and oxygen atoms in total. The van der Waals surface area contributed by atoms with Gasteiger partial charge in [0.1, 0.15) is 18.7 Å². The smallest absolute Gasteiger partial charge is 0.408 e. The van der Waals surface area contributed by atoms with Gasteiger partial charge in [-0.3, -0.25) is 19.2 Å². The van der Waals surface area contributed by atoms with Crippen LogP contribution < -0.4 is 21.7 Å². The van der Waals surface area contributed by atoms with Crippen LogP contribution in [0.5, 0.6) is 0 Å². The maximum absolute atomic E-state index is 13.6. The maximum Gasteiger partial charge on any atom is 0.408 e. The fraction of sp³-hybridized carbons (Fsp3) is 0.452. The molecule has 1 fully saturated rings. The third kappa shape index (κ3) is 10.4. The Kier molecular flexibility index (Phi) is 11.6. The number of ether oxygens (including phenoxy) is 1. The Morgan fingerprint density at radius 3 is 2.16 bits per heavy atom. The highest BCUT2D eigenvalue weighted by Gasteiger charge is 2.40. The second kappa shape index (κ2) is 15.1. The van der Waals surface area contributed by atoms with Crippen molar-refractivity contribution in [3.8, 4) is 0 Å². The number of nitrogens with zero attached hydrogens (tertiary/aromatic N) is 1. The van der Waals surface area contributed by atoms with Gasteiger partial charge in [-0.25, -0.2) is 4.79 Å². The number of nitrogens with one attached hydrogen (secondary N) is 3. The molecule has 0 saturated carbocycles. The maximum atomic E-state index is 13.6. The number of carbonyl (C=O) groups excluding carboxylic acids is 5. The van der Waals surface area contributed by atoms with Crippen LogP contribution in [0.2, 0.25) is 0 Å². The van der Waals surface area contributed by atoms with E-state index in [4.69, 9.17) is 10.5 Å². The highest BCUT2D eigenvalue weighted by atomic mass is 16.5. The van der Waals surface area contributed by atoms with Crippen LogP contribution in [0, 0.1) is 0 Å². The predicted octanol–water partition coefficient (Wildman–Crippen LogP) is 1.15. The van der Waals surface area contributed by atoms with Crippen molar-refractivity contribution in [2.24, 2.45) is 5.73 Å². The summed E-state index contributed by atoms with van der Waals surface area (Å²) < 4.78 is 5.18. The number of nitrogens with two attached hydrogens (primary N) is 1. The summed E-state index contributed by atoms with van der Waals surface area (Å²) in [6.07, 6.45) is -2.17. The van der Waals surface area contributed by atoms with E-state index < -0.39 is 60.0 Å². The van der Waals surface area contributed by atoms with Crippen LogP contribution in [0.15, 0.2) is 60.7 Å². The Hall–Kier alpha value is -4.45. The summed E-state index contributed by atoms with van der Waals surface area (Å²) in [4.78, 5) is 65.5. The lowest BCUT2D eigenvalue weighted by atomic mass is 9.99. The molecular weight excluding hydrogens is 554 g/mol. The number of hydrogen-bond donors (Lipinski definition) is 5. The van der Waals surface area contributed by atoms with Crippen molar-refractivity contribution >= 4 is 29.7 Å². The largest absolute Gasteiger partial charge is 0.445 e. The SMILES string of the molecule is CC(C)(C)NC(=O)[C@@H]1CCCN1C(=O)C(O)C(Cc1ccccc1)NC(=O)[C@H](CC(N)=O)NC(=O)OCc1ccccc1. The molecule has 12 heteroatoms. The number of hydrogen-bond acceptors (Lipinski definition) is 7. The van der Waals surface area contributed by atoms with Crippen LogP contribution in [-0.4, -0.2) is 76.0 Å². The number of alkyl carbamates (subject to hydrolysis) is 1. The molecule has 0 spiro atoms. The van der Waals surface area contributed by atoms with Crippen molar-refractivity contribution in [1.82, 2.24) is 20.9 Å². The van der Waals surface area contributed by atoms with Gasteiger partial charge in [0, 0.05) is 12.1 Å². The van der Waals surface area contributed by atoms with Crippen molar-refractivity contribution in [3.05, 3.63) is 71.8 Å². The molecule has 43 heavy (non-hydrogen) atoms. The molecule has 1 aliphatic heterocycles. The van der Waals surface area contributed by atoms with Crippen LogP contribution in [0.1, 0.15) is 51.2 Å². The van der Waals surface area contributed by atoms with Crippen LogP contribution in [0.3, 0.4) is 0 Å². The van der Waals surface area contributed by atoms with Crippen LogP contribution in [-0.2, 0) is 36.9 Å². The zero-order valence-electron chi connectivity index (χ0n) is 24.7. The van der Waals surface area contributed by atoms with Gasteiger partial charge in [0.2, 0.25) is 17.7 Å². The van der Waals surface area contributed by atoms with Crippen molar-refractivity contribution in [2.75, 3.05) is 6.54 Å². The van der Waals surface area contributed by atoms with Gasteiger partial charge in [-0.15, -0.1) is 0 Å². The molecule has 0 radical (unpaired) electrons. The van der Waals surface area contributed by atoms with Crippen molar-refractivity contribution in [1.29, 1.82) is 0 Å². The van der Waals surface area contributed by atoms with Crippen LogP contribution in [0.25, 0.3) is 0 Å². The van der Waals surface area contributed by atoms with E-state index in [1.807, 2.05) is 26.8 Å². The number of aliphatic hydroxyl groups is 1. The van der Waals surface area contributed by atoms with Gasteiger partial charge in [0.05, 0.1) is 12.5 Å². The Morgan fingerprint density at radius 2 is 1.58 bits per heavy atom. The third-order valence-electron chi connectivity index (χ3n) is 6.82.